The standard InChI is InChI=1S/C21H26N4O2.ClH/c1-14-8-9-19(15(2)10-14)23-21(27)24-20(26)13-25-11-17(18(22)12-25)16-6-4-3-5-7-16;/h3-10,17-18H,11-13,22H2,1-2H3,(H2,23,24,26,27);1H/t17-,18+;/m0./s1. The van der Waals surface area contributed by atoms with Crippen LogP contribution in [0.25, 0.3) is 0 Å². The summed E-state index contributed by atoms with van der Waals surface area (Å²) >= 11 is 0. The maximum Gasteiger partial charge on any atom is 0.325 e. The first-order valence-electron chi connectivity index (χ1n) is 9.13. The molecule has 1 heterocycles. The lowest BCUT2D eigenvalue weighted by atomic mass is 9.95. The van der Waals surface area contributed by atoms with Crippen LogP contribution in [0.5, 0.6) is 0 Å². The number of likely N-dealkylation sites (tertiary alicyclic amines) is 1. The number of hydrogen-bond acceptors (Lipinski definition) is 4. The lowest BCUT2D eigenvalue weighted by molar-refractivity contribution is -0.120. The molecule has 4 N–H and O–H groups in total. The molecule has 3 rings (SSSR count). The number of hydrogen-bond donors (Lipinski definition) is 3. The van der Waals surface area contributed by atoms with Crippen LogP contribution < -0.4 is 16.4 Å². The van der Waals surface area contributed by atoms with Crippen LogP contribution in [0.4, 0.5) is 10.5 Å². The van der Waals surface area contributed by atoms with Crippen LogP contribution >= 0.6 is 12.4 Å². The smallest absolute Gasteiger partial charge is 0.325 e. The van der Waals surface area contributed by atoms with Gasteiger partial charge in [-0.1, -0.05) is 48.0 Å². The Hall–Kier alpha value is -2.41. The number of amides is 3. The molecule has 0 unspecified atom stereocenters. The van der Waals surface area contributed by atoms with Gasteiger partial charge in [0.15, 0.2) is 0 Å². The number of carbonyl (C=O) groups excluding carboxylic acids is 2. The molecule has 0 spiro atoms. The molecule has 6 nitrogen and oxygen atoms in total. The van der Waals surface area contributed by atoms with Crippen molar-refractivity contribution in [3.05, 3.63) is 65.2 Å². The Morgan fingerprint density at radius 1 is 1.11 bits per heavy atom. The first-order chi connectivity index (χ1) is 12.9. The van der Waals surface area contributed by atoms with Crippen molar-refractivity contribution in [2.24, 2.45) is 5.73 Å². The van der Waals surface area contributed by atoms with Gasteiger partial charge in [0.25, 0.3) is 0 Å². The molecular formula is C21H27ClN4O2. The number of benzene rings is 2. The quantitative estimate of drug-likeness (QED) is 0.733. The molecule has 28 heavy (non-hydrogen) atoms. The van der Waals surface area contributed by atoms with Crippen LogP contribution in [0.1, 0.15) is 22.6 Å². The first kappa shape index (κ1) is 21.9. The molecule has 7 heteroatoms. The number of carbonyl (C=O) groups is 2. The molecule has 1 saturated heterocycles. The fraction of sp³-hybridized carbons (Fsp3) is 0.333. The number of halogens is 1. The van der Waals surface area contributed by atoms with E-state index in [0.29, 0.717) is 18.8 Å². The van der Waals surface area contributed by atoms with E-state index >= 15 is 0 Å². The molecule has 2 atom stereocenters. The number of urea groups is 1. The highest BCUT2D eigenvalue weighted by atomic mass is 35.5. The summed E-state index contributed by atoms with van der Waals surface area (Å²) in [6.07, 6.45) is 0. The van der Waals surface area contributed by atoms with Gasteiger partial charge >= 0.3 is 6.03 Å². The lowest BCUT2D eigenvalue weighted by Gasteiger charge is -2.16. The van der Waals surface area contributed by atoms with Gasteiger partial charge in [-0.05, 0) is 31.0 Å². The van der Waals surface area contributed by atoms with Gasteiger partial charge in [0.1, 0.15) is 0 Å². The van der Waals surface area contributed by atoms with E-state index in [9.17, 15) is 9.59 Å². The van der Waals surface area contributed by atoms with Gasteiger partial charge in [0.05, 0.1) is 6.54 Å². The second-order valence-corrected chi connectivity index (χ2v) is 7.20. The minimum atomic E-state index is -0.518. The maximum atomic E-state index is 12.2. The first-order valence-corrected chi connectivity index (χ1v) is 9.13. The van der Waals surface area contributed by atoms with Gasteiger partial charge < -0.3 is 11.1 Å². The molecule has 1 aliphatic rings. The molecule has 0 bridgehead atoms. The summed E-state index contributed by atoms with van der Waals surface area (Å²) in [6.45, 7) is 5.39. The number of rotatable bonds is 4. The van der Waals surface area contributed by atoms with Gasteiger partial charge in [-0.15, -0.1) is 12.4 Å². The number of nitrogens with two attached hydrogens (primary N) is 1. The second kappa shape index (κ2) is 9.68. The average molecular weight is 403 g/mol. The van der Waals surface area contributed by atoms with Crippen molar-refractivity contribution in [3.63, 3.8) is 0 Å². The third kappa shape index (κ3) is 5.55. The third-order valence-corrected chi connectivity index (χ3v) is 4.92. The molecule has 2 aromatic rings. The Labute approximate surface area is 171 Å². The van der Waals surface area contributed by atoms with Crippen molar-refractivity contribution in [2.45, 2.75) is 25.8 Å². The van der Waals surface area contributed by atoms with Gasteiger partial charge in [-0.3, -0.25) is 15.0 Å². The monoisotopic (exact) mass is 402 g/mol. The van der Waals surface area contributed by atoms with E-state index in [1.165, 1.54) is 5.56 Å². The summed E-state index contributed by atoms with van der Waals surface area (Å²) in [4.78, 5) is 26.3. The van der Waals surface area contributed by atoms with E-state index < -0.39 is 6.03 Å². The zero-order valence-electron chi connectivity index (χ0n) is 16.1. The maximum absolute atomic E-state index is 12.2. The number of imide groups is 1. The zero-order valence-corrected chi connectivity index (χ0v) is 17.0. The Balaban J connectivity index is 0.00000280. The highest BCUT2D eigenvalue weighted by Gasteiger charge is 2.32. The largest absolute Gasteiger partial charge is 0.326 e. The summed E-state index contributed by atoms with van der Waals surface area (Å²) in [5.74, 6) is -0.138. The van der Waals surface area contributed by atoms with E-state index in [2.05, 4.69) is 22.8 Å². The van der Waals surface area contributed by atoms with Gasteiger partial charge in [0.2, 0.25) is 5.91 Å². The van der Waals surface area contributed by atoms with Crippen molar-refractivity contribution in [3.8, 4) is 0 Å². The summed E-state index contributed by atoms with van der Waals surface area (Å²) in [7, 11) is 0. The zero-order chi connectivity index (χ0) is 19.4. The molecule has 150 valence electrons. The Bertz CT molecular complexity index is 828. The van der Waals surface area contributed by atoms with Gasteiger partial charge in [0, 0.05) is 30.7 Å². The lowest BCUT2D eigenvalue weighted by Crippen LogP contribution is -2.41. The Morgan fingerprint density at radius 3 is 2.50 bits per heavy atom. The SMILES string of the molecule is Cc1ccc(NC(=O)NC(=O)CN2C[C@@H](N)[C@H](c3ccccc3)C2)c(C)c1.Cl. The molecule has 0 saturated carbocycles. The van der Waals surface area contributed by atoms with Gasteiger partial charge in [-0.25, -0.2) is 4.79 Å². The van der Waals surface area contributed by atoms with E-state index in [4.69, 9.17) is 5.73 Å². The van der Waals surface area contributed by atoms with E-state index in [1.54, 1.807) is 0 Å². The van der Waals surface area contributed by atoms with E-state index in [1.807, 2.05) is 55.1 Å². The van der Waals surface area contributed by atoms with Crippen molar-refractivity contribution in [2.75, 3.05) is 25.0 Å². The van der Waals surface area contributed by atoms with Crippen LogP contribution in [0.3, 0.4) is 0 Å². The minimum Gasteiger partial charge on any atom is -0.326 e. The van der Waals surface area contributed by atoms with Crippen LogP contribution in [0, 0.1) is 13.8 Å². The number of aryl methyl sites for hydroxylation is 2. The summed E-state index contributed by atoms with van der Waals surface area (Å²) in [6, 6.07) is 15.3. The van der Waals surface area contributed by atoms with Crippen molar-refractivity contribution < 1.29 is 9.59 Å². The predicted octanol–water partition coefficient (Wildman–Crippen LogP) is 2.80. The molecule has 0 aliphatic carbocycles. The summed E-state index contributed by atoms with van der Waals surface area (Å²) in [5, 5.41) is 5.12. The normalized spacial score (nSPS) is 19.0. The number of nitrogens with zero attached hydrogens (tertiary/aromatic N) is 1. The Morgan fingerprint density at radius 2 is 1.82 bits per heavy atom. The molecular weight excluding hydrogens is 376 g/mol. The molecule has 1 aliphatic heterocycles. The van der Waals surface area contributed by atoms with Crippen molar-refractivity contribution in [1.82, 2.24) is 10.2 Å². The van der Waals surface area contributed by atoms with Crippen molar-refractivity contribution >= 4 is 30.0 Å². The minimum absolute atomic E-state index is 0. The van der Waals surface area contributed by atoms with Crippen LogP contribution in [0.2, 0.25) is 0 Å². The topological polar surface area (TPSA) is 87.5 Å². The highest BCUT2D eigenvalue weighted by molar-refractivity contribution is 6.02. The number of nitrogens with one attached hydrogen (secondary N) is 2. The van der Waals surface area contributed by atoms with Gasteiger partial charge in [-0.2, -0.15) is 0 Å². The summed E-state index contributed by atoms with van der Waals surface area (Å²) in [5.41, 5.74) is 10.2. The molecule has 0 aromatic heterocycles. The fourth-order valence-corrected chi connectivity index (χ4v) is 3.57. The molecule has 3 amide bonds. The fourth-order valence-electron chi connectivity index (χ4n) is 3.57. The third-order valence-electron chi connectivity index (χ3n) is 4.92. The van der Waals surface area contributed by atoms with Crippen LogP contribution in [-0.2, 0) is 4.79 Å². The average Bonchev–Trinajstić information content (AvgIpc) is 2.98. The van der Waals surface area contributed by atoms with E-state index in [0.717, 1.165) is 11.1 Å². The van der Waals surface area contributed by atoms with Crippen molar-refractivity contribution in [1.29, 1.82) is 0 Å². The second-order valence-electron chi connectivity index (χ2n) is 7.20. The van der Waals surface area contributed by atoms with E-state index in [-0.39, 0.29) is 36.8 Å². The molecule has 1 fully saturated rings. The van der Waals surface area contributed by atoms with Crippen LogP contribution in [0.15, 0.2) is 48.5 Å². The van der Waals surface area contributed by atoms with Crippen LogP contribution in [-0.4, -0.2) is 42.5 Å². The summed E-state index contributed by atoms with van der Waals surface area (Å²) < 4.78 is 0. The highest BCUT2D eigenvalue weighted by Crippen LogP contribution is 2.26. The Kier molecular flexibility index (Phi) is 7.57. The predicted molar refractivity (Wildman–Crippen MR) is 114 cm³/mol. The molecule has 2 aromatic carbocycles. The number of anilines is 1. The molecule has 0 radical (unpaired) electrons.